The molecule has 1 aromatic rings. The molecule has 0 saturated carbocycles. The van der Waals surface area contributed by atoms with Crippen LogP contribution in [0, 0.1) is 11.7 Å². The van der Waals surface area contributed by atoms with Crippen LogP contribution in [0.25, 0.3) is 0 Å². The molecule has 0 amide bonds. The van der Waals surface area contributed by atoms with Crippen LogP contribution < -0.4 is 0 Å². The van der Waals surface area contributed by atoms with Gasteiger partial charge in [0.1, 0.15) is 5.82 Å². The number of hydrogen-bond acceptors (Lipinski definition) is 2. The van der Waals surface area contributed by atoms with Gasteiger partial charge >= 0.3 is 0 Å². The number of piperidine rings is 1. The Kier molecular flexibility index (Phi) is 4.13. The van der Waals surface area contributed by atoms with E-state index in [1.807, 2.05) is 12.1 Å². The monoisotopic (exact) mass is 237 g/mol. The topological polar surface area (TPSA) is 23.5 Å². The zero-order valence-corrected chi connectivity index (χ0v) is 10.3. The van der Waals surface area contributed by atoms with Crippen LogP contribution in [0.1, 0.15) is 25.3 Å². The maximum absolute atomic E-state index is 12.8. The fraction of sp³-hybridized carbons (Fsp3) is 0.571. The molecule has 1 aromatic carbocycles. The Morgan fingerprint density at radius 3 is 2.71 bits per heavy atom. The van der Waals surface area contributed by atoms with E-state index in [0.717, 1.165) is 38.0 Å². The van der Waals surface area contributed by atoms with Crippen LogP contribution in [0.15, 0.2) is 24.3 Å². The SMILES string of the molecule is CCC1CN(Cc2ccc(F)cc2)CCC1O. The van der Waals surface area contributed by atoms with E-state index >= 15 is 0 Å². The lowest BCUT2D eigenvalue weighted by atomic mass is 9.92. The van der Waals surface area contributed by atoms with Gasteiger partial charge in [-0.3, -0.25) is 4.90 Å². The van der Waals surface area contributed by atoms with Crippen molar-refractivity contribution in [3.8, 4) is 0 Å². The van der Waals surface area contributed by atoms with Gasteiger partial charge in [0.2, 0.25) is 0 Å². The number of hydrogen-bond donors (Lipinski definition) is 1. The number of nitrogens with zero attached hydrogens (tertiary/aromatic N) is 1. The molecule has 0 spiro atoms. The van der Waals surface area contributed by atoms with Gasteiger partial charge in [-0.25, -0.2) is 4.39 Å². The molecule has 94 valence electrons. The highest BCUT2D eigenvalue weighted by atomic mass is 19.1. The molecule has 0 bridgehead atoms. The van der Waals surface area contributed by atoms with Gasteiger partial charge in [-0.1, -0.05) is 19.1 Å². The second-order valence-electron chi connectivity index (χ2n) is 4.89. The number of aliphatic hydroxyl groups is 1. The van der Waals surface area contributed by atoms with Crippen LogP contribution >= 0.6 is 0 Å². The molecule has 1 aliphatic heterocycles. The fourth-order valence-corrected chi connectivity index (χ4v) is 2.49. The van der Waals surface area contributed by atoms with E-state index in [1.54, 1.807) is 0 Å². The van der Waals surface area contributed by atoms with Gasteiger partial charge in [0.15, 0.2) is 0 Å². The molecule has 0 radical (unpaired) electrons. The van der Waals surface area contributed by atoms with Gasteiger partial charge in [-0.15, -0.1) is 0 Å². The third kappa shape index (κ3) is 3.27. The third-order valence-electron chi connectivity index (χ3n) is 3.62. The van der Waals surface area contributed by atoms with Gasteiger partial charge in [0.05, 0.1) is 6.10 Å². The summed E-state index contributed by atoms with van der Waals surface area (Å²) in [4.78, 5) is 2.34. The molecule has 1 N–H and O–H groups in total. The van der Waals surface area contributed by atoms with Gasteiger partial charge in [-0.2, -0.15) is 0 Å². The second kappa shape index (κ2) is 5.61. The molecule has 2 unspecified atom stereocenters. The van der Waals surface area contributed by atoms with E-state index in [0.29, 0.717) is 5.92 Å². The van der Waals surface area contributed by atoms with Crippen LogP contribution in [0.2, 0.25) is 0 Å². The molecule has 0 aromatic heterocycles. The molecule has 2 atom stereocenters. The summed E-state index contributed by atoms with van der Waals surface area (Å²) in [5.74, 6) is 0.193. The quantitative estimate of drug-likeness (QED) is 0.872. The minimum absolute atomic E-state index is 0.149. The highest BCUT2D eigenvalue weighted by Crippen LogP contribution is 2.21. The molecule has 1 fully saturated rings. The zero-order chi connectivity index (χ0) is 12.3. The average Bonchev–Trinajstić information content (AvgIpc) is 2.34. The Hall–Kier alpha value is -0.930. The number of halogens is 1. The first-order chi connectivity index (χ1) is 8.19. The van der Waals surface area contributed by atoms with Crippen molar-refractivity contribution in [3.63, 3.8) is 0 Å². The standard InChI is InChI=1S/C14H20FNO/c1-2-12-10-16(8-7-14(12)17)9-11-3-5-13(15)6-4-11/h3-6,12,14,17H,2,7-10H2,1H3. The summed E-state index contributed by atoms with van der Waals surface area (Å²) in [7, 11) is 0. The van der Waals surface area contributed by atoms with Crippen molar-refractivity contribution in [2.75, 3.05) is 13.1 Å². The van der Waals surface area contributed by atoms with Gasteiger partial charge in [0, 0.05) is 19.6 Å². The Bertz CT molecular complexity index is 352. The molecule has 2 nitrogen and oxygen atoms in total. The van der Waals surface area contributed by atoms with Crippen LogP contribution in [0.4, 0.5) is 4.39 Å². The minimum atomic E-state index is -0.186. The van der Waals surface area contributed by atoms with Crippen molar-refractivity contribution in [2.24, 2.45) is 5.92 Å². The first kappa shape index (κ1) is 12.5. The Balaban J connectivity index is 1.93. The summed E-state index contributed by atoms with van der Waals surface area (Å²) >= 11 is 0. The predicted octanol–water partition coefficient (Wildman–Crippen LogP) is 2.42. The zero-order valence-electron chi connectivity index (χ0n) is 10.3. The number of rotatable bonds is 3. The lowest BCUT2D eigenvalue weighted by Crippen LogP contribution is -2.42. The first-order valence-corrected chi connectivity index (χ1v) is 6.34. The van der Waals surface area contributed by atoms with Crippen LogP contribution in [0.3, 0.4) is 0 Å². The van der Waals surface area contributed by atoms with Crippen molar-refractivity contribution >= 4 is 0 Å². The minimum Gasteiger partial charge on any atom is -0.393 e. The number of benzene rings is 1. The summed E-state index contributed by atoms with van der Waals surface area (Å²) in [5.41, 5.74) is 1.14. The first-order valence-electron chi connectivity index (χ1n) is 6.34. The molecule has 2 rings (SSSR count). The molecular formula is C14H20FNO. The van der Waals surface area contributed by atoms with Crippen molar-refractivity contribution in [2.45, 2.75) is 32.4 Å². The van der Waals surface area contributed by atoms with Crippen molar-refractivity contribution in [3.05, 3.63) is 35.6 Å². The summed E-state index contributed by atoms with van der Waals surface area (Å²) in [5, 5.41) is 9.81. The lowest BCUT2D eigenvalue weighted by Gasteiger charge is -2.35. The molecule has 17 heavy (non-hydrogen) atoms. The van der Waals surface area contributed by atoms with E-state index in [1.165, 1.54) is 12.1 Å². The summed E-state index contributed by atoms with van der Waals surface area (Å²) in [6.45, 7) is 4.84. The van der Waals surface area contributed by atoms with Crippen molar-refractivity contribution in [1.82, 2.24) is 4.90 Å². The highest BCUT2D eigenvalue weighted by molar-refractivity contribution is 5.16. The molecule has 1 aliphatic rings. The summed E-state index contributed by atoms with van der Waals surface area (Å²) in [6.07, 6.45) is 1.71. The number of likely N-dealkylation sites (tertiary alicyclic amines) is 1. The Morgan fingerprint density at radius 1 is 1.35 bits per heavy atom. The number of aliphatic hydroxyl groups excluding tert-OH is 1. The highest BCUT2D eigenvalue weighted by Gasteiger charge is 2.25. The average molecular weight is 237 g/mol. The van der Waals surface area contributed by atoms with Gasteiger partial charge < -0.3 is 5.11 Å². The van der Waals surface area contributed by atoms with Gasteiger partial charge in [0.25, 0.3) is 0 Å². The lowest BCUT2D eigenvalue weighted by molar-refractivity contribution is 0.0222. The van der Waals surface area contributed by atoms with Gasteiger partial charge in [-0.05, 0) is 36.5 Å². The fourth-order valence-electron chi connectivity index (χ4n) is 2.49. The molecule has 3 heteroatoms. The van der Waals surface area contributed by atoms with Crippen molar-refractivity contribution < 1.29 is 9.50 Å². The van der Waals surface area contributed by atoms with Crippen LogP contribution in [-0.4, -0.2) is 29.2 Å². The summed E-state index contributed by atoms with van der Waals surface area (Å²) in [6, 6.07) is 6.68. The maximum Gasteiger partial charge on any atom is 0.123 e. The molecule has 1 saturated heterocycles. The smallest absolute Gasteiger partial charge is 0.123 e. The maximum atomic E-state index is 12.8. The Morgan fingerprint density at radius 2 is 2.06 bits per heavy atom. The molecule has 1 heterocycles. The van der Waals surface area contributed by atoms with E-state index in [2.05, 4.69) is 11.8 Å². The summed E-state index contributed by atoms with van der Waals surface area (Å²) < 4.78 is 12.8. The molecule has 0 aliphatic carbocycles. The normalized spacial score (nSPS) is 26.1. The van der Waals surface area contributed by atoms with Crippen LogP contribution in [-0.2, 0) is 6.54 Å². The second-order valence-corrected chi connectivity index (χ2v) is 4.89. The van der Waals surface area contributed by atoms with E-state index in [9.17, 15) is 9.50 Å². The Labute approximate surface area is 102 Å². The van der Waals surface area contributed by atoms with Crippen molar-refractivity contribution in [1.29, 1.82) is 0 Å². The van der Waals surface area contributed by atoms with Crippen LogP contribution in [0.5, 0.6) is 0 Å². The van der Waals surface area contributed by atoms with E-state index < -0.39 is 0 Å². The largest absolute Gasteiger partial charge is 0.393 e. The predicted molar refractivity (Wildman–Crippen MR) is 66.1 cm³/mol. The third-order valence-corrected chi connectivity index (χ3v) is 3.62. The van der Waals surface area contributed by atoms with E-state index in [4.69, 9.17) is 0 Å². The van der Waals surface area contributed by atoms with E-state index in [-0.39, 0.29) is 11.9 Å². The molecular weight excluding hydrogens is 217 g/mol.